The zero-order valence-corrected chi connectivity index (χ0v) is 14.1. The van der Waals surface area contributed by atoms with E-state index in [1.165, 1.54) is 0 Å². The second-order valence-electron chi connectivity index (χ2n) is 5.87. The summed E-state index contributed by atoms with van der Waals surface area (Å²) in [5.41, 5.74) is 2.49. The highest BCUT2D eigenvalue weighted by molar-refractivity contribution is 5.94. The quantitative estimate of drug-likeness (QED) is 0.754. The van der Waals surface area contributed by atoms with Crippen molar-refractivity contribution < 1.29 is 9.59 Å². The first-order valence-electron chi connectivity index (χ1n) is 8.22. The Morgan fingerprint density at radius 2 is 1.68 bits per heavy atom. The molecule has 0 aliphatic rings. The van der Waals surface area contributed by atoms with Crippen molar-refractivity contribution >= 4 is 22.6 Å². The summed E-state index contributed by atoms with van der Waals surface area (Å²) < 4.78 is 0. The van der Waals surface area contributed by atoms with Crippen LogP contribution in [0.1, 0.15) is 21.5 Å². The number of benzene rings is 3. The van der Waals surface area contributed by atoms with Crippen molar-refractivity contribution in [2.75, 3.05) is 7.05 Å². The Hall–Kier alpha value is -3.14. The fraction of sp³-hybridized carbons (Fsp3) is 0.143. The van der Waals surface area contributed by atoms with Crippen LogP contribution in [0.3, 0.4) is 0 Å². The van der Waals surface area contributed by atoms with E-state index in [9.17, 15) is 9.59 Å². The summed E-state index contributed by atoms with van der Waals surface area (Å²) in [5, 5.41) is 7.75. The maximum absolute atomic E-state index is 12.3. The van der Waals surface area contributed by atoms with Crippen molar-refractivity contribution in [1.82, 2.24) is 10.6 Å². The Morgan fingerprint density at radius 1 is 0.920 bits per heavy atom. The predicted molar refractivity (Wildman–Crippen MR) is 99.3 cm³/mol. The van der Waals surface area contributed by atoms with Crippen LogP contribution in [0.2, 0.25) is 0 Å². The summed E-state index contributed by atoms with van der Waals surface area (Å²) in [5.74, 6) is -0.175. The number of fused-ring (bicyclic) bond motifs is 1. The topological polar surface area (TPSA) is 58.2 Å². The molecule has 3 rings (SSSR count). The van der Waals surface area contributed by atoms with E-state index in [4.69, 9.17) is 0 Å². The van der Waals surface area contributed by atoms with Crippen molar-refractivity contribution in [1.29, 1.82) is 0 Å². The van der Waals surface area contributed by atoms with E-state index in [0.717, 1.165) is 21.9 Å². The summed E-state index contributed by atoms with van der Waals surface area (Å²) in [7, 11) is 1.60. The molecule has 0 fully saturated rings. The molecule has 4 heteroatoms. The van der Waals surface area contributed by atoms with Crippen LogP contribution in [0.15, 0.2) is 66.7 Å². The minimum Gasteiger partial charge on any atom is -0.355 e. The molecule has 0 atom stereocenters. The third kappa shape index (κ3) is 4.04. The summed E-state index contributed by atoms with van der Waals surface area (Å²) in [4.78, 5) is 24.0. The molecule has 126 valence electrons. The van der Waals surface area contributed by atoms with Gasteiger partial charge in [0.25, 0.3) is 5.91 Å². The minimum atomic E-state index is -0.135. The fourth-order valence-corrected chi connectivity index (χ4v) is 2.85. The Labute approximate surface area is 146 Å². The zero-order chi connectivity index (χ0) is 17.6. The largest absolute Gasteiger partial charge is 0.355 e. The lowest BCUT2D eigenvalue weighted by molar-refractivity contribution is -0.120. The van der Waals surface area contributed by atoms with Gasteiger partial charge in [0, 0.05) is 19.2 Å². The number of nitrogens with one attached hydrogen (secondary N) is 2. The average molecular weight is 332 g/mol. The van der Waals surface area contributed by atoms with Gasteiger partial charge >= 0.3 is 0 Å². The third-order valence-corrected chi connectivity index (χ3v) is 4.14. The van der Waals surface area contributed by atoms with E-state index in [2.05, 4.69) is 10.6 Å². The molecule has 0 saturated carbocycles. The van der Waals surface area contributed by atoms with E-state index in [-0.39, 0.29) is 11.8 Å². The van der Waals surface area contributed by atoms with E-state index in [1.807, 2.05) is 54.6 Å². The monoisotopic (exact) mass is 332 g/mol. The molecule has 0 aromatic heterocycles. The van der Waals surface area contributed by atoms with Gasteiger partial charge in [-0.25, -0.2) is 0 Å². The van der Waals surface area contributed by atoms with Crippen LogP contribution in [0.4, 0.5) is 0 Å². The van der Waals surface area contributed by atoms with Gasteiger partial charge in [0.2, 0.25) is 5.91 Å². The fourth-order valence-electron chi connectivity index (χ4n) is 2.85. The van der Waals surface area contributed by atoms with Gasteiger partial charge < -0.3 is 10.6 Å². The summed E-state index contributed by atoms with van der Waals surface area (Å²) in [6, 6.07) is 21.3. The SMILES string of the molecule is CNC(=O)c1cccc(CNC(=O)Cc2cccc3ccccc23)c1. The average Bonchev–Trinajstić information content (AvgIpc) is 2.66. The van der Waals surface area contributed by atoms with Crippen LogP contribution < -0.4 is 10.6 Å². The van der Waals surface area contributed by atoms with E-state index in [1.54, 1.807) is 19.2 Å². The normalized spacial score (nSPS) is 10.4. The minimum absolute atomic E-state index is 0.0401. The number of rotatable bonds is 5. The number of hydrogen-bond acceptors (Lipinski definition) is 2. The van der Waals surface area contributed by atoms with Gasteiger partial charge in [0.1, 0.15) is 0 Å². The molecule has 4 nitrogen and oxygen atoms in total. The zero-order valence-electron chi connectivity index (χ0n) is 14.1. The molecular weight excluding hydrogens is 312 g/mol. The maximum Gasteiger partial charge on any atom is 0.251 e. The number of hydrogen-bond donors (Lipinski definition) is 2. The summed E-state index contributed by atoms with van der Waals surface area (Å²) in [6.07, 6.45) is 0.330. The molecule has 0 aliphatic carbocycles. The first-order valence-corrected chi connectivity index (χ1v) is 8.22. The summed E-state index contributed by atoms with van der Waals surface area (Å²) in [6.45, 7) is 0.397. The van der Waals surface area contributed by atoms with Crippen molar-refractivity contribution in [2.45, 2.75) is 13.0 Å². The summed E-state index contributed by atoms with van der Waals surface area (Å²) >= 11 is 0. The van der Waals surface area contributed by atoms with E-state index < -0.39 is 0 Å². The van der Waals surface area contributed by atoms with E-state index >= 15 is 0 Å². The van der Waals surface area contributed by atoms with Gasteiger partial charge in [0.15, 0.2) is 0 Å². The highest BCUT2D eigenvalue weighted by Gasteiger charge is 2.08. The van der Waals surface area contributed by atoms with Crippen molar-refractivity contribution in [2.24, 2.45) is 0 Å². The first kappa shape index (κ1) is 16.7. The number of carbonyl (C=O) groups is 2. The molecule has 2 N–H and O–H groups in total. The number of carbonyl (C=O) groups excluding carboxylic acids is 2. The highest BCUT2D eigenvalue weighted by atomic mass is 16.2. The van der Waals surface area contributed by atoms with Crippen LogP contribution in [0.25, 0.3) is 10.8 Å². The first-order chi connectivity index (χ1) is 12.2. The number of amides is 2. The lowest BCUT2D eigenvalue weighted by Crippen LogP contribution is -2.25. The standard InChI is InChI=1S/C21H20N2O2/c1-22-21(25)18-10-4-6-15(12-18)14-23-20(24)13-17-9-5-8-16-7-2-3-11-19(16)17/h2-12H,13-14H2,1H3,(H,22,25)(H,23,24). The predicted octanol–water partition coefficient (Wildman–Crippen LogP) is 3.06. The van der Waals surface area contributed by atoms with E-state index in [0.29, 0.717) is 18.5 Å². The van der Waals surface area contributed by atoms with Gasteiger partial charge in [-0.05, 0) is 34.0 Å². The second kappa shape index (κ2) is 7.62. The molecule has 0 radical (unpaired) electrons. The van der Waals surface area contributed by atoms with Gasteiger partial charge in [-0.1, -0.05) is 54.6 Å². The molecule has 0 bridgehead atoms. The molecule has 0 heterocycles. The Kier molecular flexibility index (Phi) is 5.09. The second-order valence-corrected chi connectivity index (χ2v) is 5.87. The highest BCUT2D eigenvalue weighted by Crippen LogP contribution is 2.18. The molecular formula is C21H20N2O2. The Balaban J connectivity index is 1.66. The molecule has 0 unspecified atom stereocenters. The Bertz CT molecular complexity index is 913. The molecule has 3 aromatic rings. The molecule has 0 saturated heterocycles. The molecule has 0 spiro atoms. The van der Waals surface area contributed by atoms with Crippen LogP contribution in [-0.2, 0) is 17.8 Å². The van der Waals surface area contributed by atoms with Gasteiger partial charge in [-0.15, -0.1) is 0 Å². The maximum atomic E-state index is 12.3. The lowest BCUT2D eigenvalue weighted by atomic mass is 10.0. The van der Waals surface area contributed by atoms with Crippen LogP contribution >= 0.6 is 0 Å². The van der Waals surface area contributed by atoms with Crippen LogP contribution in [-0.4, -0.2) is 18.9 Å². The molecule has 2 amide bonds. The van der Waals surface area contributed by atoms with Crippen molar-refractivity contribution in [3.8, 4) is 0 Å². The molecule has 25 heavy (non-hydrogen) atoms. The van der Waals surface area contributed by atoms with Gasteiger partial charge in [-0.2, -0.15) is 0 Å². The van der Waals surface area contributed by atoms with Crippen molar-refractivity contribution in [3.63, 3.8) is 0 Å². The Morgan fingerprint density at radius 3 is 2.52 bits per heavy atom. The molecule has 0 aliphatic heterocycles. The van der Waals surface area contributed by atoms with Gasteiger partial charge in [0.05, 0.1) is 6.42 Å². The van der Waals surface area contributed by atoms with Crippen LogP contribution in [0, 0.1) is 0 Å². The third-order valence-electron chi connectivity index (χ3n) is 4.14. The van der Waals surface area contributed by atoms with Crippen molar-refractivity contribution in [3.05, 3.63) is 83.4 Å². The molecule has 3 aromatic carbocycles. The lowest BCUT2D eigenvalue weighted by Gasteiger charge is -2.09. The smallest absolute Gasteiger partial charge is 0.251 e. The van der Waals surface area contributed by atoms with Crippen LogP contribution in [0.5, 0.6) is 0 Å². The van der Waals surface area contributed by atoms with Gasteiger partial charge in [-0.3, -0.25) is 9.59 Å².